The molecule has 0 aliphatic heterocycles. The van der Waals surface area contributed by atoms with Crippen LogP contribution in [-0.4, -0.2) is 29.9 Å². The highest BCUT2D eigenvalue weighted by Crippen LogP contribution is 2.28. The van der Waals surface area contributed by atoms with E-state index in [1.165, 1.54) is 0 Å². The number of nitrogens with one attached hydrogen (secondary N) is 2. The average molecular weight is 418 g/mol. The Bertz CT molecular complexity index is 724. The van der Waals surface area contributed by atoms with Crippen molar-refractivity contribution in [2.24, 2.45) is 23.5 Å². The molecule has 7 nitrogen and oxygen atoms in total. The third-order valence-corrected chi connectivity index (χ3v) is 4.27. The van der Waals surface area contributed by atoms with Crippen molar-refractivity contribution in [1.29, 1.82) is 0 Å². The molecule has 2 amide bonds. The molecule has 0 heterocycles. The minimum Gasteiger partial charge on any atom is -0.460 e. The Balaban J connectivity index is 3.09. The fraction of sp³-hybridized carbons (Fsp3) is 0.522. The van der Waals surface area contributed by atoms with Crippen molar-refractivity contribution < 1.29 is 19.1 Å². The van der Waals surface area contributed by atoms with Crippen LogP contribution < -0.4 is 16.6 Å². The summed E-state index contributed by atoms with van der Waals surface area (Å²) in [5, 5.41) is 0. The molecule has 0 unspecified atom stereocenters. The van der Waals surface area contributed by atoms with Crippen LogP contribution in [0.4, 0.5) is 0 Å². The predicted molar refractivity (Wildman–Crippen MR) is 118 cm³/mol. The van der Waals surface area contributed by atoms with E-state index in [1.807, 2.05) is 56.3 Å². The summed E-state index contributed by atoms with van der Waals surface area (Å²) in [6.45, 7) is 9.09. The van der Waals surface area contributed by atoms with Gasteiger partial charge < -0.3 is 10.5 Å². The highest BCUT2D eigenvalue weighted by atomic mass is 16.6. The van der Waals surface area contributed by atoms with Gasteiger partial charge in [-0.15, -0.1) is 0 Å². The van der Waals surface area contributed by atoms with E-state index in [-0.39, 0.29) is 12.5 Å². The number of nitrogens with two attached hydrogens (primary N) is 1. The molecule has 2 atom stereocenters. The first-order chi connectivity index (χ1) is 14.0. The number of hydrogen-bond acceptors (Lipinski definition) is 5. The summed E-state index contributed by atoms with van der Waals surface area (Å²) >= 11 is 0. The number of carbonyl (C=O) groups is 3. The maximum absolute atomic E-state index is 13.0. The minimum atomic E-state index is -0.693. The molecule has 0 aromatic heterocycles. The third-order valence-electron chi connectivity index (χ3n) is 4.27. The number of benzene rings is 1. The third kappa shape index (κ3) is 9.69. The molecule has 1 rings (SSSR count). The van der Waals surface area contributed by atoms with Gasteiger partial charge in [-0.1, -0.05) is 56.3 Å². The normalized spacial score (nSPS) is 13.7. The van der Waals surface area contributed by atoms with Gasteiger partial charge in [0.25, 0.3) is 5.91 Å². The monoisotopic (exact) mass is 417 g/mol. The molecule has 7 heteroatoms. The Morgan fingerprint density at radius 1 is 1.07 bits per heavy atom. The van der Waals surface area contributed by atoms with Crippen LogP contribution in [0.2, 0.25) is 0 Å². The summed E-state index contributed by atoms with van der Waals surface area (Å²) in [5.74, 6) is -2.58. The quantitative estimate of drug-likeness (QED) is 0.423. The lowest BCUT2D eigenvalue weighted by Gasteiger charge is -2.29. The maximum atomic E-state index is 13.0. The standard InChI is InChI=1S/C23H35N3O4/c1-16(2)14-19(21(28)26-25-20(27)15-24)18(22(29)30-23(3,4)5)13-9-12-17-10-7-6-8-11-17/h6-12,16,18-19H,13-15,24H2,1-5H3,(H,25,27)(H,26,28)/t18-,19-/m0/s1. The van der Waals surface area contributed by atoms with E-state index in [2.05, 4.69) is 10.9 Å². The van der Waals surface area contributed by atoms with Gasteiger partial charge in [-0.25, -0.2) is 0 Å². The fourth-order valence-corrected chi connectivity index (χ4v) is 2.95. The molecule has 0 aliphatic carbocycles. The number of rotatable bonds is 9. The van der Waals surface area contributed by atoms with Gasteiger partial charge in [0.2, 0.25) is 5.91 Å². The molecule has 0 aliphatic rings. The molecule has 1 aromatic rings. The number of hydrogen-bond donors (Lipinski definition) is 3. The molecule has 0 radical (unpaired) electrons. The maximum Gasteiger partial charge on any atom is 0.310 e. The lowest BCUT2D eigenvalue weighted by Crippen LogP contribution is -2.49. The predicted octanol–water partition coefficient (Wildman–Crippen LogP) is 2.82. The van der Waals surface area contributed by atoms with E-state index >= 15 is 0 Å². The van der Waals surface area contributed by atoms with Crippen molar-refractivity contribution in [3.05, 3.63) is 42.0 Å². The summed E-state index contributed by atoms with van der Waals surface area (Å²) in [4.78, 5) is 37.3. The minimum absolute atomic E-state index is 0.161. The van der Waals surface area contributed by atoms with E-state index in [4.69, 9.17) is 10.5 Å². The van der Waals surface area contributed by atoms with Crippen LogP contribution in [0.15, 0.2) is 36.4 Å². The van der Waals surface area contributed by atoms with Crippen LogP contribution in [-0.2, 0) is 19.1 Å². The zero-order valence-electron chi connectivity index (χ0n) is 18.6. The van der Waals surface area contributed by atoms with Crippen molar-refractivity contribution in [3.8, 4) is 0 Å². The van der Waals surface area contributed by atoms with Gasteiger partial charge in [0, 0.05) is 0 Å². The van der Waals surface area contributed by atoms with Crippen molar-refractivity contribution in [1.82, 2.24) is 10.9 Å². The number of esters is 1. The molecule has 0 saturated carbocycles. The van der Waals surface area contributed by atoms with Crippen molar-refractivity contribution >= 4 is 23.9 Å². The first-order valence-electron chi connectivity index (χ1n) is 10.3. The summed E-state index contributed by atoms with van der Waals surface area (Å²) in [6.07, 6.45) is 4.59. The van der Waals surface area contributed by atoms with Crippen molar-refractivity contribution in [2.45, 2.75) is 53.1 Å². The number of amides is 2. The summed E-state index contributed by atoms with van der Waals surface area (Å²) in [7, 11) is 0. The second-order valence-electron chi connectivity index (χ2n) is 8.67. The number of hydrazine groups is 1. The van der Waals surface area contributed by atoms with Gasteiger partial charge in [0.15, 0.2) is 0 Å². The van der Waals surface area contributed by atoms with Gasteiger partial charge in [-0.2, -0.15) is 0 Å². The Kier molecular flexibility index (Phi) is 10.3. The highest BCUT2D eigenvalue weighted by molar-refractivity contribution is 5.88. The van der Waals surface area contributed by atoms with Crippen LogP contribution in [0, 0.1) is 17.8 Å². The Hall–Kier alpha value is -2.67. The van der Waals surface area contributed by atoms with Crippen LogP contribution in [0.1, 0.15) is 53.0 Å². The van der Waals surface area contributed by atoms with Gasteiger partial charge in [-0.3, -0.25) is 25.2 Å². The largest absolute Gasteiger partial charge is 0.460 e. The molecule has 166 valence electrons. The van der Waals surface area contributed by atoms with E-state index in [1.54, 1.807) is 20.8 Å². The van der Waals surface area contributed by atoms with Gasteiger partial charge >= 0.3 is 5.97 Å². The topological polar surface area (TPSA) is 111 Å². The summed E-state index contributed by atoms with van der Waals surface area (Å²) in [5.41, 5.74) is 10.3. The second kappa shape index (κ2) is 12.1. The lowest BCUT2D eigenvalue weighted by molar-refractivity contribution is -0.164. The van der Waals surface area contributed by atoms with Gasteiger partial charge in [0.05, 0.1) is 18.4 Å². The number of ether oxygens (including phenoxy) is 1. The van der Waals surface area contributed by atoms with Crippen LogP contribution >= 0.6 is 0 Å². The fourth-order valence-electron chi connectivity index (χ4n) is 2.95. The molecular weight excluding hydrogens is 382 g/mol. The Labute approximate surface area is 179 Å². The first kappa shape index (κ1) is 25.4. The van der Waals surface area contributed by atoms with Crippen molar-refractivity contribution in [3.63, 3.8) is 0 Å². The van der Waals surface area contributed by atoms with Crippen LogP contribution in [0.3, 0.4) is 0 Å². The van der Waals surface area contributed by atoms with Crippen molar-refractivity contribution in [2.75, 3.05) is 6.54 Å². The molecule has 0 spiro atoms. The van der Waals surface area contributed by atoms with Crippen LogP contribution in [0.5, 0.6) is 0 Å². The van der Waals surface area contributed by atoms with Crippen LogP contribution in [0.25, 0.3) is 6.08 Å². The number of allylic oxidation sites excluding steroid dienone is 1. The summed E-state index contributed by atoms with van der Waals surface area (Å²) < 4.78 is 5.60. The van der Waals surface area contributed by atoms with Gasteiger partial charge in [0.1, 0.15) is 5.60 Å². The zero-order chi connectivity index (χ0) is 22.7. The SMILES string of the molecule is CC(C)C[C@H](C(=O)NNC(=O)CN)[C@H](CC=Cc1ccccc1)C(=O)OC(C)(C)C. The molecule has 0 bridgehead atoms. The first-order valence-corrected chi connectivity index (χ1v) is 10.3. The molecule has 30 heavy (non-hydrogen) atoms. The molecule has 0 saturated heterocycles. The highest BCUT2D eigenvalue weighted by Gasteiger charge is 2.36. The second-order valence-corrected chi connectivity index (χ2v) is 8.67. The smallest absolute Gasteiger partial charge is 0.310 e. The van der Waals surface area contributed by atoms with Gasteiger partial charge in [-0.05, 0) is 45.1 Å². The van der Waals surface area contributed by atoms with E-state index in [0.717, 1.165) is 5.56 Å². The Morgan fingerprint density at radius 2 is 1.70 bits per heavy atom. The van der Waals surface area contributed by atoms with E-state index in [9.17, 15) is 14.4 Å². The Morgan fingerprint density at radius 3 is 2.23 bits per heavy atom. The van der Waals surface area contributed by atoms with E-state index in [0.29, 0.717) is 12.8 Å². The molecule has 1 aromatic carbocycles. The molecular formula is C23H35N3O4. The summed E-state index contributed by atoms with van der Waals surface area (Å²) in [6, 6.07) is 9.71. The zero-order valence-corrected chi connectivity index (χ0v) is 18.6. The van der Waals surface area contributed by atoms with E-state index < -0.39 is 35.2 Å². The molecule has 0 fully saturated rings. The molecule has 4 N–H and O–H groups in total. The lowest BCUT2D eigenvalue weighted by atomic mass is 9.82. The number of carbonyl (C=O) groups excluding carboxylic acids is 3. The average Bonchev–Trinajstić information content (AvgIpc) is 2.66.